The number of rotatable bonds is 3. The Labute approximate surface area is 158 Å². The van der Waals surface area contributed by atoms with Crippen LogP contribution in [0.4, 0.5) is 4.79 Å². The second kappa shape index (κ2) is 6.91. The van der Waals surface area contributed by atoms with E-state index in [9.17, 15) is 14.4 Å². The number of benzene rings is 1. The first-order valence-electron chi connectivity index (χ1n) is 8.88. The van der Waals surface area contributed by atoms with Crippen LogP contribution in [0.15, 0.2) is 24.3 Å². The number of likely N-dealkylation sites (tertiary alicyclic amines) is 1. The molecule has 6 nitrogen and oxygen atoms in total. The molecule has 2 heterocycles. The van der Waals surface area contributed by atoms with E-state index in [0.717, 1.165) is 11.3 Å². The summed E-state index contributed by atoms with van der Waals surface area (Å²) >= 11 is 5.90. The number of hydrogen-bond acceptors (Lipinski definition) is 3. The third-order valence-corrected chi connectivity index (χ3v) is 5.46. The van der Waals surface area contributed by atoms with Crippen molar-refractivity contribution in [3.8, 4) is 0 Å². The minimum atomic E-state index is -1.19. The first-order chi connectivity index (χ1) is 12.2. The fourth-order valence-electron chi connectivity index (χ4n) is 3.92. The van der Waals surface area contributed by atoms with Crippen molar-refractivity contribution < 1.29 is 14.4 Å². The standard InChI is InChI=1S/C19H24ClN3O3/c1-12-8-13(2)10-22(9-12)16(24)11-23-17(25)19(3,21-18(23)26)14-4-6-15(20)7-5-14/h4-7,12-13H,8-11H2,1-3H3,(H,21,26)/t12-,13+,19-/m1/s1. The number of urea groups is 1. The zero-order chi connectivity index (χ0) is 19.1. The number of hydrogen-bond donors (Lipinski definition) is 1. The van der Waals surface area contributed by atoms with Gasteiger partial charge >= 0.3 is 6.03 Å². The summed E-state index contributed by atoms with van der Waals surface area (Å²) in [6.45, 7) is 6.98. The van der Waals surface area contributed by atoms with E-state index in [2.05, 4.69) is 19.2 Å². The molecular weight excluding hydrogens is 354 g/mol. The van der Waals surface area contributed by atoms with E-state index in [4.69, 9.17) is 11.6 Å². The molecule has 2 aliphatic heterocycles. The topological polar surface area (TPSA) is 69.7 Å². The van der Waals surface area contributed by atoms with Gasteiger partial charge in [-0.05, 0) is 42.9 Å². The smallest absolute Gasteiger partial charge is 0.325 e. The monoisotopic (exact) mass is 377 g/mol. The molecule has 0 saturated carbocycles. The van der Waals surface area contributed by atoms with Gasteiger partial charge in [0.15, 0.2) is 0 Å². The molecule has 2 fully saturated rings. The van der Waals surface area contributed by atoms with Crippen LogP contribution >= 0.6 is 11.6 Å². The Balaban J connectivity index is 1.75. The maximum atomic E-state index is 12.9. The molecule has 3 rings (SSSR count). The van der Waals surface area contributed by atoms with Gasteiger partial charge in [0.1, 0.15) is 12.1 Å². The first kappa shape index (κ1) is 18.7. The molecule has 0 bridgehead atoms. The van der Waals surface area contributed by atoms with Crippen LogP contribution in [0, 0.1) is 11.8 Å². The number of amides is 4. The minimum absolute atomic E-state index is 0.188. The van der Waals surface area contributed by atoms with Crippen LogP contribution in [0.25, 0.3) is 0 Å². The van der Waals surface area contributed by atoms with E-state index >= 15 is 0 Å². The highest BCUT2D eigenvalue weighted by Crippen LogP contribution is 2.30. The first-order valence-corrected chi connectivity index (χ1v) is 9.26. The van der Waals surface area contributed by atoms with Crippen LogP contribution in [-0.2, 0) is 15.1 Å². The predicted octanol–water partition coefficient (Wildman–Crippen LogP) is 2.61. The second-order valence-electron chi connectivity index (χ2n) is 7.70. The van der Waals surface area contributed by atoms with Crippen LogP contribution in [0.3, 0.4) is 0 Å². The van der Waals surface area contributed by atoms with Gasteiger partial charge in [0.25, 0.3) is 5.91 Å². The summed E-state index contributed by atoms with van der Waals surface area (Å²) in [5.41, 5.74) is -0.555. The molecule has 0 radical (unpaired) electrons. The molecule has 1 aromatic carbocycles. The van der Waals surface area contributed by atoms with Crippen LogP contribution in [-0.4, -0.2) is 47.3 Å². The number of halogens is 1. The van der Waals surface area contributed by atoms with Gasteiger partial charge < -0.3 is 10.2 Å². The molecule has 140 valence electrons. The van der Waals surface area contributed by atoms with Crippen molar-refractivity contribution in [2.24, 2.45) is 11.8 Å². The molecule has 0 unspecified atom stereocenters. The molecule has 7 heteroatoms. The van der Waals surface area contributed by atoms with Gasteiger partial charge in [-0.3, -0.25) is 14.5 Å². The zero-order valence-corrected chi connectivity index (χ0v) is 16.0. The van der Waals surface area contributed by atoms with Crippen molar-refractivity contribution in [3.63, 3.8) is 0 Å². The van der Waals surface area contributed by atoms with Gasteiger partial charge in [0.2, 0.25) is 5.91 Å². The lowest BCUT2D eigenvalue weighted by Crippen LogP contribution is -2.48. The van der Waals surface area contributed by atoms with E-state index in [-0.39, 0.29) is 12.5 Å². The molecule has 1 aromatic rings. The molecule has 1 N–H and O–H groups in total. The lowest BCUT2D eigenvalue weighted by atomic mass is 9.91. The lowest BCUT2D eigenvalue weighted by molar-refractivity contribution is -0.140. The highest BCUT2D eigenvalue weighted by molar-refractivity contribution is 6.30. The summed E-state index contributed by atoms with van der Waals surface area (Å²) in [6, 6.07) is 6.22. The highest BCUT2D eigenvalue weighted by atomic mass is 35.5. The predicted molar refractivity (Wildman–Crippen MR) is 98.6 cm³/mol. The van der Waals surface area contributed by atoms with Crippen LogP contribution in [0.5, 0.6) is 0 Å². The fraction of sp³-hybridized carbons (Fsp3) is 0.526. The fourth-order valence-corrected chi connectivity index (χ4v) is 4.05. The Bertz CT molecular complexity index is 726. The van der Waals surface area contributed by atoms with Gasteiger partial charge in [-0.2, -0.15) is 0 Å². The summed E-state index contributed by atoms with van der Waals surface area (Å²) in [7, 11) is 0. The number of piperidine rings is 1. The summed E-state index contributed by atoms with van der Waals surface area (Å²) in [4.78, 5) is 40.7. The maximum absolute atomic E-state index is 12.9. The zero-order valence-electron chi connectivity index (χ0n) is 15.3. The van der Waals surface area contributed by atoms with E-state index in [0.29, 0.717) is 35.5 Å². The molecule has 4 amide bonds. The Morgan fingerprint density at radius 2 is 1.77 bits per heavy atom. The number of carbonyl (C=O) groups excluding carboxylic acids is 3. The van der Waals surface area contributed by atoms with Crippen LogP contribution in [0.1, 0.15) is 32.8 Å². The Hall–Kier alpha value is -2.08. The molecular formula is C19H24ClN3O3. The van der Waals surface area contributed by atoms with Gasteiger partial charge in [-0.15, -0.1) is 0 Å². The van der Waals surface area contributed by atoms with Crippen molar-refractivity contribution in [2.45, 2.75) is 32.7 Å². The van der Waals surface area contributed by atoms with Gasteiger partial charge in [-0.1, -0.05) is 37.6 Å². The summed E-state index contributed by atoms with van der Waals surface area (Å²) in [5.74, 6) is 0.235. The molecule has 2 saturated heterocycles. The molecule has 2 aliphatic rings. The molecule has 3 atom stereocenters. The molecule has 26 heavy (non-hydrogen) atoms. The van der Waals surface area contributed by atoms with Crippen molar-refractivity contribution in [2.75, 3.05) is 19.6 Å². The van der Waals surface area contributed by atoms with Crippen LogP contribution < -0.4 is 5.32 Å². The Kier molecular flexibility index (Phi) is 4.97. The average Bonchev–Trinajstić information content (AvgIpc) is 2.78. The van der Waals surface area contributed by atoms with Crippen LogP contribution in [0.2, 0.25) is 5.02 Å². The largest absolute Gasteiger partial charge is 0.341 e. The molecule has 0 spiro atoms. The summed E-state index contributed by atoms with van der Waals surface area (Å²) in [5, 5.41) is 3.27. The van der Waals surface area contributed by atoms with Gasteiger partial charge in [0, 0.05) is 18.1 Å². The quantitative estimate of drug-likeness (QED) is 0.823. The highest BCUT2D eigenvalue weighted by Gasteiger charge is 2.49. The molecule has 0 aliphatic carbocycles. The lowest BCUT2D eigenvalue weighted by Gasteiger charge is -2.35. The minimum Gasteiger partial charge on any atom is -0.341 e. The van der Waals surface area contributed by atoms with Gasteiger partial charge in [0.05, 0.1) is 0 Å². The Morgan fingerprint density at radius 1 is 1.19 bits per heavy atom. The molecule has 0 aromatic heterocycles. The van der Waals surface area contributed by atoms with E-state index < -0.39 is 17.5 Å². The van der Waals surface area contributed by atoms with Crippen molar-refractivity contribution in [3.05, 3.63) is 34.9 Å². The third kappa shape index (κ3) is 3.43. The van der Waals surface area contributed by atoms with E-state index in [1.165, 1.54) is 0 Å². The van der Waals surface area contributed by atoms with Crippen molar-refractivity contribution in [1.29, 1.82) is 0 Å². The average molecular weight is 378 g/mol. The number of nitrogens with zero attached hydrogens (tertiary/aromatic N) is 2. The van der Waals surface area contributed by atoms with Gasteiger partial charge in [-0.25, -0.2) is 4.79 Å². The number of carbonyl (C=O) groups is 3. The third-order valence-electron chi connectivity index (χ3n) is 5.21. The van der Waals surface area contributed by atoms with E-state index in [1.807, 2.05) is 0 Å². The van der Waals surface area contributed by atoms with Crippen molar-refractivity contribution >= 4 is 29.4 Å². The Morgan fingerprint density at radius 3 is 2.35 bits per heavy atom. The van der Waals surface area contributed by atoms with Crippen molar-refractivity contribution in [1.82, 2.24) is 15.1 Å². The SMILES string of the molecule is C[C@@H]1C[C@H](C)CN(C(=O)CN2C(=O)N[C@](C)(c3ccc(Cl)cc3)C2=O)C1. The summed E-state index contributed by atoms with van der Waals surface area (Å²) in [6.07, 6.45) is 1.08. The second-order valence-corrected chi connectivity index (χ2v) is 8.13. The number of imide groups is 1. The summed E-state index contributed by atoms with van der Waals surface area (Å²) < 4.78 is 0. The number of nitrogens with one attached hydrogen (secondary N) is 1. The normalized spacial score (nSPS) is 29.1. The maximum Gasteiger partial charge on any atom is 0.325 e. The van der Waals surface area contributed by atoms with E-state index in [1.54, 1.807) is 36.1 Å².